The Balaban J connectivity index is 0.00000352. The topological polar surface area (TPSA) is 389 Å². The van der Waals surface area contributed by atoms with E-state index < -0.39 is 105 Å². The predicted octanol–water partition coefficient (Wildman–Crippen LogP) is -7.28. The zero-order chi connectivity index (χ0) is 44.3. The van der Waals surface area contributed by atoms with Crippen LogP contribution in [0.15, 0.2) is 113 Å². The summed E-state index contributed by atoms with van der Waals surface area (Å²) in [5.74, 6) is -1.66. The largest absolute Gasteiger partial charge is 1.00 e. The summed E-state index contributed by atoms with van der Waals surface area (Å²) in [6.45, 7) is 0. The molecule has 0 atom stereocenters. The van der Waals surface area contributed by atoms with Gasteiger partial charge in [-0.05, 0) is 59.7 Å². The Kier molecular flexibility index (Phi) is 19.5. The second-order valence-electron chi connectivity index (χ2n) is 12.3. The summed E-state index contributed by atoms with van der Waals surface area (Å²) in [6, 6.07) is 12.4. The van der Waals surface area contributed by atoms with Crippen molar-refractivity contribution in [1.29, 1.82) is 0 Å². The summed E-state index contributed by atoms with van der Waals surface area (Å²) in [7, 11) is -18.7. The first kappa shape index (κ1) is 57.6. The molecule has 0 heterocycles. The SMILES string of the molecule is COc1cc(-c2ccc(N=Nc3c(S(=O)(=O)[O-])cc(O)c4c(N)cc(S(=O)(=O)[O-])cc34)c(OC)c2)ccc1N=Nc1c(S(=O)(=O)[O-])cc(O)c2c(N)cc(S(=O)(=O)[O-])cc12.[Na+].[Na+].[Na+].[Na+]. The van der Waals surface area contributed by atoms with Crippen LogP contribution in [0, 0.1) is 0 Å². The number of nitrogens with two attached hydrogens (primary N) is 2. The molecule has 0 aliphatic heterocycles. The number of nitrogen functional groups attached to an aromatic ring is 2. The van der Waals surface area contributed by atoms with Crippen molar-refractivity contribution >= 4 is 96.1 Å². The summed E-state index contributed by atoms with van der Waals surface area (Å²) < 4.78 is 155. The van der Waals surface area contributed by atoms with Gasteiger partial charge in [0.1, 0.15) is 86.2 Å². The third-order valence-corrected chi connectivity index (χ3v) is 12.0. The van der Waals surface area contributed by atoms with Crippen LogP contribution in [0.4, 0.5) is 34.1 Å². The fourth-order valence-corrected chi connectivity index (χ4v) is 8.33. The standard InChI is InChI=1S/C34H28N6O16S4.4Na/c1-55-27-7-15(3-5-23(27)37-39-33-19-9-17(57(43,44)45)11-21(35)31(19)25(41)13-29(33)59(49,50)51)16-4-6-24(28(8-16)56-2)38-40-34-20-10-18(58(46,47)48)12-22(36)32(20)26(42)14-30(34)60(52,53)54;;;;/h3-14,41-42H,35-36H2,1-2H3,(H,43,44,45)(H,46,47,48)(H,49,50,51)(H,52,53,54);;;;/q;4*+1/p-4. The van der Waals surface area contributed by atoms with Crippen molar-refractivity contribution in [2.75, 3.05) is 25.7 Å². The Hall–Kier alpha value is -2.52. The summed E-state index contributed by atoms with van der Waals surface area (Å²) in [5, 5.41) is 35.0. The molecule has 0 amide bonds. The van der Waals surface area contributed by atoms with E-state index in [1.165, 1.54) is 50.6 Å². The smallest absolute Gasteiger partial charge is 0.744 e. The van der Waals surface area contributed by atoms with E-state index in [0.29, 0.717) is 35.4 Å². The van der Waals surface area contributed by atoms with Crippen molar-refractivity contribution in [2.24, 2.45) is 20.5 Å². The van der Waals surface area contributed by atoms with Gasteiger partial charge in [0.05, 0.1) is 33.8 Å². The average molecular weight is 993 g/mol. The first-order valence-electron chi connectivity index (χ1n) is 16.1. The Bertz CT molecular complexity index is 3120. The molecule has 0 saturated heterocycles. The first-order valence-corrected chi connectivity index (χ1v) is 21.7. The predicted molar refractivity (Wildman–Crippen MR) is 205 cm³/mol. The molecule has 0 radical (unpaired) electrons. The van der Waals surface area contributed by atoms with Gasteiger partial charge < -0.3 is 49.4 Å². The van der Waals surface area contributed by atoms with Gasteiger partial charge in [0, 0.05) is 45.1 Å². The fourth-order valence-electron chi connectivity index (χ4n) is 5.98. The van der Waals surface area contributed by atoms with Gasteiger partial charge in [0.25, 0.3) is 0 Å². The molecule has 0 saturated carbocycles. The normalized spacial score (nSPS) is 12.0. The molecule has 0 spiro atoms. The van der Waals surface area contributed by atoms with E-state index >= 15 is 0 Å². The molecule has 0 bridgehead atoms. The maximum absolute atomic E-state index is 12.2. The van der Waals surface area contributed by atoms with E-state index in [-0.39, 0.29) is 152 Å². The van der Waals surface area contributed by atoms with Crippen LogP contribution in [0.1, 0.15) is 0 Å². The average Bonchev–Trinajstić information content (AvgIpc) is 3.14. The van der Waals surface area contributed by atoms with Crippen molar-refractivity contribution in [3.8, 4) is 34.1 Å². The van der Waals surface area contributed by atoms with Crippen molar-refractivity contribution in [3.63, 3.8) is 0 Å². The van der Waals surface area contributed by atoms with Crippen LogP contribution in [0.2, 0.25) is 0 Å². The molecule has 6 aromatic rings. The Morgan fingerprint density at radius 3 is 1.09 bits per heavy atom. The maximum atomic E-state index is 12.2. The summed E-state index contributed by atoms with van der Waals surface area (Å²) >= 11 is 0. The molecule has 0 fully saturated rings. The number of rotatable bonds is 11. The molecule has 30 heteroatoms. The van der Waals surface area contributed by atoms with Gasteiger partial charge in [0.2, 0.25) is 0 Å². The van der Waals surface area contributed by atoms with Crippen molar-refractivity contribution in [2.45, 2.75) is 19.6 Å². The zero-order valence-corrected chi connectivity index (χ0v) is 45.4. The van der Waals surface area contributed by atoms with Gasteiger partial charge in [0.15, 0.2) is 0 Å². The van der Waals surface area contributed by atoms with Crippen LogP contribution >= 0.6 is 0 Å². The first-order chi connectivity index (χ1) is 27.8. The van der Waals surface area contributed by atoms with E-state index in [4.69, 9.17) is 20.9 Å². The van der Waals surface area contributed by atoms with Gasteiger partial charge in [-0.1, -0.05) is 12.1 Å². The molecule has 0 aromatic heterocycles. The number of phenols is 2. The van der Waals surface area contributed by atoms with Crippen LogP contribution in [0.3, 0.4) is 0 Å². The molecule has 64 heavy (non-hydrogen) atoms. The molecule has 0 unspecified atom stereocenters. The number of benzene rings is 6. The number of azo groups is 2. The number of aromatic hydroxyl groups is 2. The van der Waals surface area contributed by atoms with Crippen LogP contribution in [-0.4, -0.2) is 76.3 Å². The van der Waals surface area contributed by atoms with E-state index in [1.807, 2.05) is 0 Å². The van der Waals surface area contributed by atoms with Crippen LogP contribution in [0.25, 0.3) is 32.7 Å². The van der Waals surface area contributed by atoms with Crippen LogP contribution in [-0.2, 0) is 40.5 Å². The molecule has 0 aliphatic rings. The van der Waals surface area contributed by atoms with E-state index in [0.717, 1.165) is 12.1 Å². The number of methoxy groups -OCH3 is 2. The monoisotopic (exact) mass is 992 g/mol. The summed E-state index contributed by atoms with van der Waals surface area (Å²) in [6.07, 6.45) is 0. The Morgan fingerprint density at radius 1 is 0.484 bits per heavy atom. The minimum Gasteiger partial charge on any atom is -0.744 e. The van der Waals surface area contributed by atoms with Gasteiger partial charge >= 0.3 is 118 Å². The second-order valence-corrected chi connectivity index (χ2v) is 17.8. The number of fused-ring (bicyclic) bond motifs is 2. The van der Waals surface area contributed by atoms with E-state index in [2.05, 4.69) is 20.5 Å². The molecule has 314 valence electrons. The number of nitrogens with zero attached hydrogens (tertiary/aromatic N) is 4. The van der Waals surface area contributed by atoms with Gasteiger partial charge in [-0.2, -0.15) is 0 Å². The quantitative estimate of drug-likeness (QED) is 0.0405. The minimum absolute atomic E-state index is 0. The molecule has 6 rings (SSSR count). The molecular weight excluding hydrogens is 969 g/mol. The molecular formula is C34H24N6Na4O16S4. The molecule has 0 aliphatic carbocycles. The number of ether oxygens (including phenoxy) is 2. The molecule has 6 N–H and O–H groups in total. The van der Waals surface area contributed by atoms with E-state index in [1.54, 1.807) is 0 Å². The number of anilines is 2. The summed E-state index contributed by atoms with van der Waals surface area (Å²) in [4.78, 5) is -4.07. The Labute approximate surface area is 452 Å². The van der Waals surface area contributed by atoms with Gasteiger partial charge in [-0.3, -0.25) is 0 Å². The van der Waals surface area contributed by atoms with Crippen LogP contribution < -0.4 is 139 Å². The number of hydrogen-bond donors (Lipinski definition) is 4. The van der Waals surface area contributed by atoms with Gasteiger partial charge in [-0.25, -0.2) is 33.7 Å². The van der Waals surface area contributed by atoms with Crippen molar-refractivity contribution in [1.82, 2.24) is 0 Å². The zero-order valence-electron chi connectivity index (χ0n) is 34.1. The Morgan fingerprint density at radius 2 is 0.812 bits per heavy atom. The fraction of sp³-hybridized carbons (Fsp3) is 0.0588. The van der Waals surface area contributed by atoms with Crippen molar-refractivity contribution < 1.29 is 190 Å². The van der Waals surface area contributed by atoms with E-state index in [9.17, 15) is 62.1 Å². The minimum atomic E-state index is -5.41. The van der Waals surface area contributed by atoms with Crippen LogP contribution in [0.5, 0.6) is 23.0 Å². The van der Waals surface area contributed by atoms with Gasteiger partial charge in [-0.15, -0.1) is 20.5 Å². The number of hydrogen-bond acceptors (Lipinski definition) is 22. The van der Waals surface area contributed by atoms with Crippen molar-refractivity contribution in [3.05, 3.63) is 72.8 Å². The summed E-state index contributed by atoms with van der Waals surface area (Å²) in [5.41, 5.74) is 10.00. The third-order valence-electron chi connectivity index (χ3n) is 8.63. The molecule has 22 nitrogen and oxygen atoms in total. The third kappa shape index (κ3) is 12.1. The number of phenolic OH excluding ortho intramolecular Hbond substituents is 2. The molecule has 6 aromatic carbocycles. The second kappa shape index (κ2) is 21.6. The maximum Gasteiger partial charge on any atom is 1.00 e.